The fourth-order valence-corrected chi connectivity index (χ4v) is 3.97. The maximum absolute atomic E-state index is 12.7. The Kier molecular flexibility index (Phi) is 3.86. The SMILES string of the molecule is Cc1nc2ncnn2c(N2CCN(CC3CCCC3)C(=O)C2)c1C. The molecule has 1 aliphatic heterocycles. The molecule has 0 unspecified atom stereocenters. The molecule has 0 N–H and O–H groups in total. The van der Waals surface area contributed by atoms with E-state index in [0.717, 1.165) is 36.7 Å². The molecule has 3 heterocycles. The Hall–Kier alpha value is -2.18. The van der Waals surface area contributed by atoms with Gasteiger partial charge >= 0.3 is 0 Å². The number of aromatic nitrogens is 4. The summed E-state index contributed by atoms with van der Waals surface area (Å²) in [6.07, 6.45) is 6.70. The van der Waals surface area contributed by atoms with Crippen molar-refractivity contribution < 1.29 is 4.79 Å². The van der Waals surface area contributed by atoms with Crippen LogP contribution in [-0.4, -0.2) is 56.6 Å². The number of amides is 1. The van der Waals surface area contributed by atoms with E-state index >= 15 is 0 Å². The smallest absolute Gasteiger partial charge is 0.254 e. The molecular formula is C17H24N6O. The number of hydrogen-bond acceptors (Lipinski definition) is 5. The molecule has 24 heavy (non-hydrogen) atoms. The summed E-state index contributed by atoms with van der Waals surface area (Å²) in [5.41, 5.74) is 2.00. The minimum atomic E-state index is 0.218. The fourth-order valence-electron chi connectivity index (χ4n) is 3.97. The van der Waals surface area contributed by atoms with Gasteiger partial charge in [-0.25, -0.2) is 4.98 Å². The molecule has 0 atom stereocenters. The maximum Gasteiger partial charge on any atom is 0.254 e. The predicted molar refractivity (Wildman–Crippen MR) is 91.0 cm³/mol. The Labute approximate surface area is 141 Å². The van der Waals surface area contributed by atoms with Crippen molar-refractivity contribution in [2.75, 3.05) is 31.1 Å². The van der Waals surface area contributed by atoms with Crippen LogP contribution in [0, 0.1) is 19.8 Å². The second-order valence-electron chi connectivity index (χ2n) is 7.03. The van der Waals surface area contributed by atoms with Crippen molar-refractivity contribution in [3.05, 3.63) is 17.6 Å². The molecular weight excluding hydrogens is 304 g/mol. The number of carbonyl (C=O) groups excluding carboxylic acids is 1. The molecule has 1 saturated carbocycles. The molecule has 0 aromatic carbocycles. The first-order valence-corrected chi connectivity index (χ1v) is 8.83. The predicted octanol–water partition coefficient (Wildman–Crippen LogP) is 1.58. The zero-order valence-corrected chi connectivity index (χ0v) is 14.4. The lowest BCUT2D eigenvalue weighted by atomic mass is 10.1. The van der Waals surface area contributed by atoms with E-state index in [1.165, 1.54) is 32.0 Å². The van der Waals surface area contributed by atoms with E-state index in [-0.39, 0.29) is 5.91 Å². The van der Waals surface area contributed by atoms with Gasteiger partial charge in [-0.2, -0.15) is 14.6 Å². The summed E-state index contributed by atoms with van der Waals surface area (Å²) in [6.45, 7) is 6.97. The lowest BCUT2D eigenvalue weighted by Gasteiger charge is -2.37. The van der Waals surface area contributed by atoms with Crippen LogP contribution in [0.5, 0.6) is 0 Å². The molecule has 2 aromatic heterocycles. The van der Waals surface area contributed by atoms with E-state index in [1.807, 2.05) is 13.8 Å². The number of hydrogen-bond donors (Lipinski definition) is 0. The number of piperazine rings is 1. The van der Waals surface area contributed by atoms with Crippen LogP contribution in [0.4, 0.5) is 5.82 Å². The number of anilines is 1. The molecule has 2 fully saturated rings. The monoisotopic (exact) mass is 328 g/mol. The highest BCUT2D eigenvalue weighted by atomic mass is 16.2. The van der Waals surface area contributed by atoms with Crippen molar-refractivity contribution in [3.8, 4) is 0 Å². The van der Waals surface area contributed by atoms with Gasteiger partial charge in [0.1, 0.15) is 12.1 Å². The van der Waals surface area contributed by atoms with E-state index in [2.05, 4.69) is 24.9 Å². The number of rotatable bonds is 3. The van der Waals surface area contributed by atoms with Crippen LogP contribution in [0.2, 0.25) is 0 Å². The van der Waals surface area contributed by atoms with E-state index in [4.69, 9.17) is 0 Å². The van der Waals surface area contributed by atoms with Crippen molar-refractivity contribution in [2.24, 2.45) is 5.92 Å². The average Bonchev–Trinajstić information content (AvgIpc) is 3.22. The van der Waals surface area contributed by atoms with Crippen LogP contribution >= 0.6 is 0 Å². The first-order chi connectivity index (χ1) is 11.6. The highest BCUT2D eigenvalue weighted by Gasteiger charge is 2.29. The van der Waals surface area contributed by atoms with Gasteiger partial charge in [0.2, 0.25) is 5.91 Å². The van der Waals surface area contributed by atoms with Crippen LogP contribution in [0.1, 0.15) is 36.9 Å². The molecule has 2 aromatic rings. The minimum absolute atomic E-state index is 0.218. The third-order valence-corrected chi connectivity index (χ3v) is 5.45. The molecule has 7 heteroatoms. The van der Waals surface area contributed by atoms with Crippen LogP contribution in [-0.2, 0) is 4.79 Å². The Morgan fingerprint density at radius 1 is 1.21 bits per heavy atom. The molecule has 128 valence electrons. The zero-order chi connectivity index (χ0) is 16.7. The minimum Gasteiger partial charge on any atom is -0.345 e. The van der Waals surface area contributed by atoms with Gasteiger partial charge in [0, 0.05) is 30.9 Å². The Morgan fingerprint density at radius 2 is 2.00 bits per heavy atom. The first kappa shape index (κ1) is 15.4. The highest BCUT2D eigenvalue weighted by molar-refractivity contribution is 5.83. The Bertz CT molecular complexity index is 764. The summed E-state index contributed by atoms with van der Waals surface area (Å²) in [5.74, 6) is 2.46. The third kappa shape index (κ3) is 2.61. The Balaban J connectivity index is 1.56. The molecule has 0 spiro atoms. The fraction of sp³-hybridized carbons (Fsp3) is 0.647. The molecule has 1 amide bonds. The van der Waals surface area contributed by atoms with Crippen LogP contribution in [0.15, 0.2) is 6.33 Å². The highest BCUT2D eigenvalue weighted by Crippen LogP contribution is 2.27. The average molecular weight is 328 g/mol. The van der Waals surface area contributed by atoms with Gasteiger partial charge in [-0.15, -0.1) is 0 Å². The molecule has 7 nitrogen and oxygen atoms in total. The number of carbonyl (C=O) groups is 1. The van der Waals surface area contributed by atoms with Crippen molar-refractivity contribution in [2.45, 2.75) is 39.5 Å². The normalized spacial score (nSPS) is 19.7. The van der Waals surface area contributed by atoms with Crippen LogP contribution in [0.25, 0.3) is 5.78 Å². The van der Waals surface area contributed by atoms with E-state index in [9.17, 15) is 4.79 Å². The number of aryl methyl sites for hydroxylation is 1. The molecule has 1 aliphatic carbocycles. The quantitative estimate of drug-likeness (QED) is 0.856. The van der Waals surface area contributed by atoms with Gasteiger partial charge in [0.05, 0.1) is 6.54 Å². The summed E-state index contributed by atoms with van der Waals surface area (Å²) in [5, 5.41) is 4.30. The maximum atomic E-state index is 12.7. The molecule has 0 radical (unpaired) electrons. The summed E-state index contributed by atoms with van der Waals surface area (Å²) in [7, 11) is 0. The summed E-state index contributed by atoms with van der Waals surface area (Å²) in [6, 6.07) is 0. The summed E-state index contributed by atoms with van der Waals surface area (Å²) < 4.78 is 1.75. The van der Waals surface area contributed by atoms with Gasteiger partial charge in [0.15, 0.2) is 0 Å². The molecule has 4 rings (SSSR count). The second-order valence-corrected chi connectivity index (χ2v) is 7.03. The number of fused-ring (bicyclic) bond motifs is 1. The Morgan fingerprint density at radius 3 is 2.75 bits per heavy atom. The largest absolute Gasteiger partial charge is 0.345 e. The number of nitrogens with zero attached hydrogens (tertiary/aromatic N) is 6. The van der Waals surface area contributed by atoms with Crippen LogP contribution in [0.3, 0.4) is 0 Å². The van der Waals surface area contributed by atoms with Gasteiger partial charge in [-0.05, 0) is 32.6 Å². The molecule has 1 saturated heterocycles. The topological polar surface area (TPSA) is 66.6 Å². The van der Waals surface area contributed by atoms with Gasteiger partial charge in [0.25, 0.3) is 5.78 Å². The van der Waals surface area contributed by atoms with Gasteiger partial charge in [-0.1, -0.05) is 12.8 Å². The van der Waals surface area contributed by atoms with Gasteiger partial charge < -0.3 is 9.80 Å². The molecule has 0 bridgehead atoms. The van der Waals surface area contributed by atoms with Crippen molar-refractivity contribution in [3.63, 3.8) is 0 Å². The second kappa shape index (κ2) is 6.03. The third-order valence-electron chi connectivity index (χ3n) is 5.45. The van der Waals surface area contributed by atoms with Crippen molar-refractivity contribution >= 4 is 17.5 Å². The lowest BCUT2D eigenvalue weighted by molar-refractivity contribution is -0.131. The lowest BCUT2D eigenvalue weighted by Crippen LogP contribution is -2.52. The summed E-state index contributed by atoms with van der Waals surface area (Å²) >= 11 is 0. The van der Waals surface area contributed by atoms with E-state index in [0.29, 0.717) is 18.2 Å². The molecule has 2 aliphatic rings. The first-order valence-electron chi connectivity index (χ1n) is 8.83. The van der Waals surface area contributed by atoms with Crippen molar-refractivity contribution in [1.82, 2.24) is 24.5 Å². The zero-order valence-electron chi connectivity index (χ0n) is 14.4. The van der Waals surface area contributed by atoms with E-state index in [1.54, 1.807) is 4.52 Å². The standard InChI is InChI=1S/C17H24N6O/c1-12-13(2)20-17-18-11-19-23(17)16(12)22-8-7-21(15(24)10-22)9-14-5-3-4-6-14/h11,14H,3-10H2,1-2H3. The van der Waals surface area contributed by atoms with Gasteiger partial charge in [-0.3, -0.25) is 4.79 Å². The summed E-state index contributed by atoms with van der Waals surface area (Å²) in [4.78, 5) is 25.5. The van der Waals surface area contributed by atoms with Crippen molar-refractivity contribution in [1.29, 1.82) is 0 Å². The van der Waals surface area contributed by atoms with Crippen LogP contribution < -0.4 is 4.90 Å². The van der Waals surface area contributed by atoms with E-state index < -0.39 is 0 Å².